The van der Waals surface area contributed by atoms with E-state index in [9.17, 15) is 9.59 Å². The third kappa shape index (κ3) is 11.0. The first-order valence-electron chi connectivity index (χ1n) is 25.9. The summed E-state index contributed by atoms with van der Waals surface area (Å²) in [6, 6.07) is 66.0. The first-order chi connectivity index (χ1) is 37.1. The van der Waals surface area contributed by atoms with E-state index in [-0.39, 0.29) is 69.0 Å². The number of para-hydroxylation sites is 6. The summed E-state index contributed by atoms with van der Waals surface area (Å²) in [5, 5.41) is 13.9. The van der Waals surface area contributed by atoms with E-state index in [1.54, 1.807) is 0 Å². The van der Waals surface area contributed by atoms with Crippen LogP contribution in [0.15, 0.2) is 176 Å². The molecule has 0 atom stereocenters. The number of ketones is 2. The Kier molecular flexibility index (Phi) is 17.2. The average Bonchev–Trinajstić information content (AvgIpc) is 4.40. The maximum atomic E-state index is 10.0. The molecular formula is C67H61Ir2N8O2-3. The number of carbonyl (C=O) groups is 2. The van der Waals surface area contributed by atoms with Gasteiger partial charge in [0.1, 0.15) is 23.2 Å². The fourth-order valence-electron chi connectivity index (χ4n) is 10.9. The van der Waals surface area contributed by atoms with Crippen LogP contribution in [-0.2, 0) is 60.6 Å². The SMILES string of the molecule is CC(=O)CC(C)=O.CC1(C)c2cccnc2-n2c3[c-]cccc3c3cccc1c32.CC1(C)c2cccnc2-n2c3ccccc3c3cccc1c32.Cc1cc(C)n(-c2[c-]cccc2)n1.Cc1cc(C)n(-c2[c-]cccc2)n1.[Ir].[Ir]. The van der Waals surface area contributed by atoms with Gasteiger partial charge in [-0.1, -0.05) is 99.9 Å². The van der Waals surface area contributed by atoms with Crippen molar-refractivity contribution in [3.8, 4) is 23.0 Å². The van der Waals surface area contributed by atoms with Gasteiger partial charge in [-0.25, -0.2) is 9.97 Å². The number of benzene rings is 6. The molecule has 2 radical (unpaired) electrons. The summed E-state index contributed by atoms with van der Waals surface area (Å²) >= 11 is 0. The van der Waals surface area contributed by atoms with Crippen LogP contribution in [0, 0.1) is 45.9 Å². The van der Waals surface area contributed by atoms with Crippen molar-refractivity contribution in [2.45, 2.75) is 86.5 Å². The Hall–Kier alpha value is -7.72. The predicted molar refractivity (Wildman–Crippen MR) is 310 cm³/mol. The molecule has 0 spiro atoms. The summed E-state index contributed by atoms with van der Waals surface area (Å²) in [4.78, 5) is 29.5. The Labute approximate surface area is 489 Å². The molecule has 0 saturated heterocycles. The molecule has 10 nitrogen and oxygen atoms in total. The number of rotatable bonds is 4. The summed E-state index contributed by atoms with van der Waals surface area (Å²) in [7, 11) is 0. The van der Waals surface area contributed by atoms with Crippen LogP contribution in [0.5, 0.6) is 0 Å². The van der Waals surface area contributed by atoms with E-state index in [0.29, 0.717) is 0 Å². The standard InChI is InChI=1S/C20H16N2.C20H15N2.2C11H11N2.C5H8O2.2Ir/c2*1-20(2)15-9-5-8-14-13-7-3-4-11-17(13)22(18(14)15)19-16(20)10-6-12-21-19;2*1-9-8-10(2)13(12-9)11-6-4-3-5-7-11;1-4(6)3-5(2)7;;/h3-12H,1-2H3;3-10,12H,1-2H3;2*3-6,8H,1-2H3;3H2,1-2H3;;/q;3*-1;;;. The molecule has 2 aliphatic rings. The van der Waals surface area contributed by atoms with Gasteiger partial charge in [0.15, 0.2) is 0 Å². The first kappa shape index (κ1) is 57.5. The number of hydrogen-bond acceptors (Lipinski definition) is 6. The van der Waals surface area contributed by atoms with Gasteiger partial charge in [-0.2, -0.15) is 83.0 Å². The number of aryl methyl sites for hydroxylation is 4. The van der Waals surface area contributed by atoms with E-state index < -0.39 is 0 Å². The topological polar surface area (TPSA) is 105 Å². The second-order valence-corrected chi connectivity index (χ2v) is 20.8. The van der Waals surface area contributed by atoms with Crippen molar-refractivity contribution in [1.82, 2.24) is 38.7 Å². The normalized spacial score (nSPS) is 12.6. The molecule has 0 unspecified atom stereocenters. The first-order valence-corrected chi connectivity index (χ1v) is 25.9. The molecule has 0 bridgehead atoms. The third-order valence-corrected chi connectivity index (χ3v) is 14.4. The van der Waals surface area contributed by atoms with Crippen LogP contribution < -0.4 is 0 Å². The monoisotopic (exact) mass is 1400 g/mol. The Morgan fingerprint density at radius 3 is 1.37 bits per heavy atom. The van der Waals surface area contributed by atoms with Crippen molar-refractivity contribution in [3.05, 3.63) is 239 Å². The molecule has 0 aliphatic carbocycles. The summed E-state index contributed by atoms with van der Waals surface area (Å²) in [6.07, 6.45) is 3.85. The molecular weight excluding hydrogens is 1330 g/mol. The molecule has 0 amide bonds. The van der Waals surface area contributed by atoms with Gasteiger partial charge in [-0.3, -0.25) is 23.5 Å². The molecule has 14 rings (SSSR count). The number of hydrogen-bond donors (Lipinski definition) is 0. The van der Waals surface area contributed by atoms with Gasteiger partial charge in [0.25, 0.3) is 0 Å². The van der Waals surface area contributed by atoms with Crippen molar-refractivity contribution in [2.75, 3.05) is 0 Å². The minimum absolute atomic E-state index is 0. The predicted octanol–water partition coefficient (Wildman–Crippen LogP) is 14.6. The van der Waals surface area contributed by atoms with Crippen LogP contribution in [-0.4, -0.2) is 50.2 Å². The van der Waals surface area contributed by atoms with Crippen molar-refractivity contribution < 1.29 is 49.8 Å². The van der Waals surface area contributed by atoms with E-state index >= 15 is 0 Å². The molecule has 0 N–H and O–H groups in total. The van der Waals surface area contributed by atoms with Gasteiger partial charge in [-0.15, -0.1) is 17.5 Å². The summed E-state index contributed by atoms with van der Waals surface area (Å²) in [5.74, 6) is 1.98. The molecule has 6 aromatic carbocycles. The van der Waals surface area contributed by atoms with Crippen LogP contribution in [0.25, 0.3) is 66.6 Å². The molecule has 0 saturated carbocycles. The molecule has 2 aliphatic heterocycles. The molecule has 6 aromatic heterocycles. The van der Waals surface area contributed by atoms with Crippen LogP contribution in [0.4, 0.5) is 0 Å². The minimum atomic E-state index is -0.0625. The van der Waals surface area contributed by atoms with Gasteiger partial charge in [-0.05, 0) is 99.8 Å². The van der Waals surface area contributed by atoms with E-state index in [1.807, 2.05) is 116 Å². The minimum Gasteiger partial charge on any atom is -0.319 e. The van der Waals surface area contributed by atoms with E-state index in [1.165, 1.54) is 74.2 Å². The van der Waals surface area contributed by atoms with Crippen molar-refractivity contribution in [3.63, 3.8) is 0 Å². The smallest absolute Gasteiger partial charge is 0.141 e. The van der Waals surface area contributed by atoms with Crippen molar-refractivity contribution in [2.24, 2.45) is 0 Å². The maximum absolute atomic E-state index is 10.0. The second kappa shape index (κ2) is 23.7. The van der Waals surface area contributed by atoms with E-state index in [2.05, 4.69) is 162 Å². The Morgan fingerprint density at radius 1 is 0.468 bits per heavy atom. The molecule has 402 valence electrons. The zero-order valence-electron chi connectivity index (χ0n) is 46.0. The zero-order valence-corrected chi connectivity index (χ0v) is 50.8. The number of Topliss-reactive ketones (excluding diaryl/α,β-unsaturated/α-hetero) is 2. The molecule has 8 heterocycles. The zero-order chi connectivity index (χ0) is 54.2. The van der Waals surface area contributed by atoms with E-state index in [0.717, 1.165) is 51.3 Å². The fraction of sp³-hybridized carbons (Fsp3) is 0.194. The second-order valence-electron chi connectivity index (χ2n) is 20.8. The summed E-state index contributed by atoms with van der Waals surface area (Å²) in [5.41, 5.74) is 16.5. The number of carbonyl (C=O) groups excluding carboxylic acids is 2. The number of aromatic nitrogens is 8. The van der Waals surface area contributed by atoms with E-state index in [4.69, 9.17) is 9.97 Å². The van der Waals surface area contributed by atoms with Gasteiger partial charge < -0.3 is 4.57 Å². The largest absolute Gasteiger partial charge is 0.319 e. The third-order valence-electron chi connectivity index (χ3n) is 14.4. The Balaban J connectivity index is 0.000000136. The van der Waals surface area contributed by atoms with Crippen molar-refractivity contribution in [1.29, 1.82) is 0 Å². The van der Waals surface area contributed by atoms with Crippen molar-refractivity contribution >= 4 is 55.2 Å². The number of pyridine rings is 2. The number of fused-ring (bicyclic) bond motifs is 10. The molecule has 79 heavy (non-hydrogen) atoms. The summed E-state index contributed by atoms with van der Waals surface area (Å²) < 4.78 is 8.41. The van der Waals surface area contributed by atoms with Crippen LogP contribution in [0.2, 0.25) is 0 Å². The van der Waals surface area contributed by atoms with Gasteiger partial charge in [0.05, 0.1) is 28.8 Å². The van der Waals surface area contributed by atoms with Gasteiger partial charge in [0, 0.05) is 102 Å². The van der Waals surface area contributed by atoms with Crippen LogP contribution in [0.1, 0.15) is 93.0 Å². The quantitative estimate of drug-likeness (QED) is 0.128. The Morgan fingerprint density at radius 2 is 0.899 bits per heavy atom. The average molecular weight is 1390 g/mol. The Bertz CT molecular complexity index is 3880. The maximum Gasteiger partial charge on any atom is 0.141 e. The molecule has 12 aromatic rings. The summed E-state index contributed by atoms with van der Waals surface area (Å²) in [6.45, 7) is 20.0. The molecule has 0 fully saturated rings. The molecule has 12 heteroatoms. The van der Waals surface area contributed by atoms with Gasteiger partial charge >= 0.3 is 0 Å². The number of nitrogens with zero attached hydrogens (tertiary/aromatic N) is 8. The van der Waals surface area contributed by atoms with Crippen LogP contribution >= 0.6 is 0 Å². The van der Waals surface area contributed by atoms with Gasteiger partial charge in [0.2, 0.25) is 0 Å². The fourth-order valence-corrected chi connectivity index (χ4v) is 10.9. The van der Waals surface area contributed by atoms with Crippen LogP contribution in [0.3, 0.4) is 0 Å².